The molecule has 0 aliphatic heterocycles. The van der Waals surface area contributed by atoms with E-state index in [0.29, 0.717) is 24.3 Å². The zero-order valence-electron chi connectivity index (χ0n) is 13.1. The van der Waals surface area contributed by atoms with E-state index in [4.69, 9.17) is 5.73 Å². The molecular weight excluding hydrogens is 252 g/mol. The Kier molecular flexibility index (Phi) is 6.42. The lowest BCUT2D eigenvalue weighted by Crippen LogP contribution is -2.32. The summed E-state index contributed by atoms with van der Waals surface area (Å²) in [5.41, 5.74) is 7.84. The fourth-order valence-corrected chi connectivity index (χ4v) is 2.33. The number of nitrogens with zero attached hydrogens (tertiary/aromatic N) is 3. The second kappa shape index (κ2) is 7.82. The molecule has 0 saturated heterocycles. The maximum atomic E-state index is 12.6. The molecule has 1 aromatic rings. The number of amides is 1. The predicted octanol–water partition coefficient (Wildman–Crippen LogP) is 2.58. The number of carbonyl (C=O) groups excluding carboxylic acids is 1. The minimum absolute atomic E-state index is 0.0130. The van der Waals surface area contributed by atoms with Gasteiger partial charge in [-0.25, -0.2) is 9.97 Å². The number of carbonyl (C=O) groups is 1. The first-order valence-corrected chi connectivity index (χ1v) is 7.47. The lowest BCUT2D eigenvalue weighted by atomic mass is 10.0. The molecule has 0 fully saturated rings. The van der Waals surface area contributed by atoms with Crippen molar-refractivity contribution in [3.63, 3.8) is 0 Å². The van der Waals surface area contributed by atoms with Gasteiger partial charge < -0.3 is 10.6 Å². The minimum Gasteiger partial charge on any atom is -0.368 e. The quantitative estimate of drug-likeness (QED) is 0.778. The third-order valence-corrected chi connectivity index (χ3v) is 3.46. The molecule has 0 aliphatic rings. The Morgan fingerprint density at radius 3 is 2.35 bits per heavy atom. The normalized spacial score (nSPS) is 10.6. The molecule has 0 aromatic carbocycles. The van der Waals surface area contributed by atoms with Crippen LogP contribution in [0, 0.1) is 6.92 Å². The highest BCUT2D eigenvalue weighted by molar-refractivity contribution is 5.96. The Morgan fingerprint density at radius 1 is 1.15 bits per heavy atom. The molecule has 0 aliphatic carbocycles. The first-order valence-electron chi connectivity index (χ1n) is 7.47. The molecule has 1 rings (SSSR count). The number of hydrogen-bond acceptors (Lipinski definition) is 4. The molecule has 0 atom stereocenters. The van der Waals surface area contributed by atoms with Crippen LogP contribution < -0.4 is 5.73 Å². The number of aryl methyl sites for hydroxylation is 2. The van der Waals surface area contributed by atoms with Crippen LogP contribution in [-0.2, 0) is 6.42 Å². The molecule has 1 heterocycles. The van der Waals surface area contributed by atoms with Crippen LogP contribution in [0.2, 0.25) is 0 Å². The molecule has 0 saturated carbocycles. The average Bonchev–Trinajstić information content (AvgIpc) is 2.39. The number of aromatic nitrogens is 2. The van der Waals surface area contributed by atoms with Crippen molar-refractivity contribution < 1.29 is 4.79 Å². The van der Waals surface area contributed by atoms with Gasteiger partial charge in [0.2, 0.25) is 5.95 Å². The molecule has 1 amide bonds. The Hall–Kier alpha value is -1.65. The number of nitrogen functional groups attached to an aromatic ring is 1. The van der Waals surface area contributed by atoms with Crippen LogP contribution in [0.1, 0.15) is 61.8 Å². The highest BCUT2D eigenvalue weighted by Gasteiger charge is 2.21. The van der Waals surface area contributed by atoms with Crippen molar-refractivity contribution in [2.24, 2.45) is 0 Å². The number of anilines is 1. The van der Waals surface area contributed by atoms with E-state index in [1.54, 1.807) is 4.90 Å². The van der Waals surface area contributed by atoms with Crippen LogP contribution in [0.3, 0.4) is 0 Å². The van der Waals surface area contributed by atoms with Gasteiger partial charge in [-0.05, 0) is 33.6 Å². The Balaban J connectivity index is 3.11. The van der Waals surface area contributed by atoms with Crippen molar-refractivity contribution in [3.05, 3.63) is 17.0 Å². The van der Waals surface area contributed by atoms with E-state index in [1.165, 1.54) is 0 Å². The highest BCUT2D eigenvalue weighted by Crippen LogP contribution is 2.17. The summed E-state index contributed by atoms with van der Waals surface area (Å²) in [5.74, 6) is 0.268. The largest absolute Gasteiger partial charge is 0.368 e. The van der Waals surface area contributed by atoms with Crippen molar-refractivity contribution >= 4 is 11.9 Å². The third-order valence-electron chi connectivity index (χ3n) is 3.46. The lowest BCUT2D eigenvalue weighted by Gasteiger charge is -2.21. The molecule has 2 N–H and O–H groups in total. The second-order valence-electron chi connectivity index (χ2n) is 4.92. The van der Waals surface area contributed by atoms with Crippen molar-refractivity contribution in [1.29, 1.82) is 0 Å². The van der Waals surface area contributed by atoms with Crippen LogP contribution in [-0.4, -0.2) is 33.9 Å². The highest BCUT2D eigenvalue weighted by atomic mass is 16.2. The van der Waals surface area contributed by atoms with Crippen molar-refractivity contribution in [3.8, 4) is 0 Å². The summed E-state index contributed by atoms with van der Waals surface area (Å²) < 4.78 is 0. The molecule has 20 heavy (non-hydrogen) atoms. The maximum Gasteiger partial charge on any atom is 0.257 e. The van der Waals surface area contributed by atoms with E-state index >= 15 is 0 Å². The fraction of sp³-hybridized carbons (Fsp3) is 0.667. The van der Waals surface area contributed by atoms with Gasteiger partial charge in [0.1, 0.15) is 0 Å². The van der Waals surface area contributed by atoms with Crippen LogP contribution in [0.4, 0.5) is 5.95 Å². The topological polar surface area (TPSA) is 72.1 Å². The van der Waals surface area contributed by atoms with E-state index in [1.807, 2.05) is 20.8 Å². The van der Waals surface area contributed by atoms with Gasteiger partial charge in [0.05, 0.1) is 17.0 Å². The predicted molar refractivity (Wildman–Crippen MR) is 81.7 cm³/mol. The van der Waals surface area contributed by atoms with E-state index in [2.05, 4.69) is 16.9 Å². The van der Waals surface area contributed by atoms with Gasteiger partial charge in [-0.3, -0.25) is 4.79 Å². The SMILES string of the molecule is CCCCCc1nc(N)nc(C)c1C(=O)N(CC)CC. The maximum absolute atomic E-state index is 12.6. The Bertz CT molecular complexity index is 455. The molecule has 112 valence electrons. The van der Waals surface area contributed by atoms with Crippen LogP contribution in [0.15, 0.2) is 0 Å². The molecule has 0 bridgehead atoms. The zero-order chi connectivity index (χ0) is 15.1. The third kappa shape index (κ3) is 3.92. The summed E-state index contributed by atoms with van der Waals surface area (Å²) in [7, 11) is 0. The molecular formula is C15H26N4O. The number of unbranched alkanes of at least 4 members (excludes halogenated alkanes) is 2. The average molecular weight is 278 g/mol. The lowest BCUT2D eigenvalue weighted by molar-refractivity contribution is 0.0770. The summed E-state index contributed by atoms with van der Waals surface area (Å²) in [5, 5.41) is 0. The molecule has 5 heteroatoms. The van der Waals surface area contributed by atoms with Crippen molar-refractivity contribution in [2.45, 2.75) is 53.4 Å². The van der Waals surface area contributed by atoms with Crippen LogP contribution in [0.25, 0.3) is 0 Å². The smallest absolute Gasteiger partial charge is 0.257 e. The summed E-state index contributed by atoms with van der Waals surface area (Å²) in [6.45, 7) is 9.32. The van der Waals surface area contributed by atoms with Crippen LogP contribution in [0.5, 0.6) is 0 Å². The van der Waals surface area contributed by atoms with E-state index < -0.39 is 0 Å². The van der Waals surface area contributed by atoms with Gasteiger partial charge in [-0.1, -0.05) is 19.8 Å². The summed E-state index contributed by atoms with van der Waals surface area (Å²) >= 11 is 0. The molecule has 5 nitrogen and oxygen atoms in total. The zero-order valence-corrected chi connectivity index (χ0v) is 13.1. The van der Waals surface area contributed by atoms with Gasteiger partial charge in [-0.15, -0.1) is 0 Å². The first-order chi connectivity index (χ1) is 9.54. The monoisotopic (exact) mass is 278 g/mol. The molecule has 0 radical (unpaired) electrons. The van der Waals surface area contributed by atoms with Crippen molar-refractivity contribution in [1.82, 2.24) is 14.9 Å². The second-order valence-corrected chi connectivity index (χ2v) is 4.92. The Morgan fingerprint density at radius 2 is 1.80 bits per heavy atom. The van der Waals surface area contributed by atoms with Gasteiger partial charge in [0.25, 0.3) is 5.91 Å². The van der Waals surface area contributed by atoms with Crippen molar-refractivity contribution in [2.75, 3.05) is 18.8 Å². The molecule has 1 aromatic heterocycles. The Labute approximate surface area is 121 Å². The summed E-state index contributed by atoms with van der Waals surface area (Å²) in [6, 6.07) is 0. The summed E-state index contributed by atoms with van der Waals surface area (Å²) in [4.78, 5) is 22.8. The summed E-state index contributed by atoms with van der Waals surface area (Å²) in [6.07, 6.45) is 4.06. The van der Waals surface area contributed by atoms with E-state index in [0.717, 1.165) is 31.4 Å². The van der Waals surface area contributed by atoms with E-state index in [-0.39, 0.29) is 11.9 Å². The van der Waals surface area contributed by atoms with Gasteiger partial charge in [0.15, 0.2) is 0 Å². The number of hydrogen-bond donors (Lipinski definition) is 1. The molecule has 0 spiro atoms. The van der Waals surface area contributed by atoms with Gasteiger partial charge in [0, 0.05) is 13.1 Å². The van der Waals surface area contributed by atoms with E-state index in [9.17, 15) is 4.79 Å². The number of nitrogens with two attached hydrogens (primary N) is 1. The fourth-order valence-electron chi connectivity index (χ4n) is 2.33. The van der Waals surface area contributed by atoms with Crippen LogP contribution >= 0.6 is 0 Å². The first kappa shape index (κ1) is 16.4. The standard InChI is InChI=1S/C15H26N4O/c1-5-8-9-10-12-13(11(4)17-15(16)18-12)14(20)19(6-2)7-3/h5-10H2,1-4H3,(H2,16,17,18). The number of rotatable bonds is 7. The minimum atomic E-state index is 0.0130. The molecule has 0 unspecified atom stereocenters. The van der Waals surface area contributed by atoms with Gasteiger partial charge >= 0.3 is 0 Å². The van der Waals surface area contributed by atoms with Gasteiger partial charge in [-0.2, -0.15) is 0 Å².